The van der Waals surface area contributed by atoms with Crippen LogP contribution in [0.5, 0.6) is 11.5 Å². The molecule has 6 heteroatoms. The molecule has 0 bridgehead atoms. The van der Waals surface area contributed by atoms with E-state index in [9.17, 15) is 0 Å². The molecule has 1 N–H and O–H groups in total. The molecule has 6 nitrogen and oxygen atoms in total. The molecule has 3 aromatic rings. The highest BCUT2D eigenvalue weighted by atomic mass is 16.5. The molecule has 1 aromatic heterocycles. The lowest BCUT2D eigenvalue weighted by atomic mass is 9.92. The van der Waals surface area contributed by atoms with Gasteiger partial charge in [0.05, 0.1) is 12.2 Å². The number of para-hydroxylation sites is 1. The zero-order valence-electron chi connectivity index (χ0n) is 19.4. The van der Waals surface area contributed by atoms with E-state index in [0.717, 1.165) is 74.0 Å². The fourth-order valence-corrected chi connectivity index (χ4v) is 5.27. The Morgan fingerprint density at radius 1 is 1.00 bits per heavy atom. The minimum absolute atomic E-state index is 0.367. The number of benzene rings is 2. The number of piperidine rings is 1. The molecular formula is C27H33N5O. The lowest BCUT2D eigenvalue weighted by molar-refractivity contribution is 0.314. The van der Waals surface area contributed by atoms with E-state index in [4.69, 9.17) is 9.84 Å². The Morgan fingerprint density at radius 3 is 2.61 bits per heavy atom. The second-order valence-electron chi connectivity index (χ2n) is 9.87. The molecule has 172 valence electrons. The first-order valence-corrected chi connectivity index (χ1v) is 12.5. The fraction of sp³-hybridized carbons (Fsp3) is 0.481. The largest absolute Gasteiger partial charge is 0.456 e. The average molecular weight is 444 g/mol. The van der Waals surface area contributed by atoms with Gasteiger partial charge < -0.3 is 15.0 Å². The molecule has 2 fully saturated rings. The van der Waals surface area contributed by atoms with Crippen LogP contribution in [-0.4, -0.2) is 40.7 Å². The van der Waals surface area contributed by atoms with Crippen LogP contribution in [0.15, 0.2) is 48.7 Å². The first-order chi connectivity index (χ1) is 16.3. The molecule has 2 aliphatic heterocycles. The Kier molecular flexibility index (Phi) is 5.54. The second-order valence-corrected chi connectivity index (χ2v) is 9.87. The van der Waals surface area contributed by atoms with Crippen LogP contribution in [0.3, 0.4) is 0 Å². The molecule has 2 aromatic carbocycles. The summed E-state index contributed by atoms with van der Waals surface area (Å²) in [5, 5.41) is 13.0. The van der Waals surface area contributed by atoms with Gasteiger partial charge in [-0.25, -0.2) is 0 Å². The van der Waals surface area contributed by atoms with E-state index in [1.54, 1.807) is 0 Å². The second kappa shape index (κ2) is 8.82. The predicted molar refractivity (Wildman–Crippen MR) is 131 cm³/mol. The Hall–Kier alpha value is -2.86. The third kappa shape index (κ3) is 4.24. The van der Waals surface area contributed by atoms with Crippen LogP contribution in [0.2, 0.25) is 0 Å². The van der Waals surface area contributed by atoms with Gasteiger partial charge in [-0.1, -0.05) is 18.2 Å². The topological polar surface area (TPSA) is 55.2 Å². The number of anilines is 1. The maximum Gasteiger partial charge on any atom is 0.142 e. The van der Waals surface area contributed by atoms with Gasteiger partial charge in [-0.15, -0.1) is 0 Å². The highest BCUT2D eigenvalue weighted by Gasteiger charge is 2.32. The van der Waals surface area contributed by atoms with Gasteiger partial charge in [0.15, 0.2) is 0 Å². The Bertz CT molecular complexity index is 1100. The zero-order valence-corrected chi connectivity index (χ0v) is 19.4. The molecule has 0 amide bonds. The van der Waals surface area contributed by atoms with E-state index >= 15 is 0 Å². The summed E-state index contributed by atoms with van der Waals surface area (Å²) in [6.07, 6.45) is 8.95. The van der Waals surface area contributed by atoms with Crippen molar-refractivity contribution in [1.29, 1.82) is 0 Å². The van der Waals surface area contributed by atoms with Crippen molar-refractivity contribution >= 4 is 5.69 Å². The van der Waals surface area contributed by atoms with Crippen molar-refractivity contribution in [2.45, 2.75) is 57.5 Å². The van der Waals surface area contributed by atoms with Gasteiger partial charge in [0.2, 0.25) is 0 Å². The number of ether oxygens (including phenoxy) is 1. The van der Waals surface area contributed by atoms with E-state index in [2.05, 4.69) is 34.4 Å². The van der Waals surface area contributed by atoms with Gasteiger partial charge in [-0.3, -0.25) is 0 Å². The number of nitrogens with one attached hydrogen (secondary N) is 1. The lowest BCUT2D eigenvalue weighted by Crippen LogP contribution is -2.38. The number of fused-ring (bicyclic) bond motifs is 1. The predicted octanol–water partition coefficient (Wildman–Crippen LogP) is 5.21. The van der Waals surface area contributed by atoms with E-state index in [-0.39, 0.29) is 0 Å². The van der Waals surface area contributed by atoms with Crippen molar-refractivity contribution in [3.8, 4) is 22.8 Å². The average Bonchev–Trinajstić information content (AvgIpc) is 3.55. The Balaban J connectivity index is 1.41. The smallest absolute Gasteiger partial charge is 0.142 e. The summed E-state index contributed by atoms with van der Waals surface area (Å²) in [5.74, 6) is 2.66. The quantitative estimate of drug-likeness (QED) is 0.567. The number of hydrogen-bond donors (Lipinski definition) is 1. The van der Waals surface area contributed by atoms with Gasteiger partial charge in [-0.05, 0) is 88.7 Å². The Morgan fingerprint density at radius 2 is 1.82 bits per heavy atom. The van der Waals surface area contributed by atoms with Crippen LogP contribution in [0, 0.1) is 5.92 Å². The zero-order chi connectivity index (χ0) is 22.2. The normalized spacial score (nSPS) is 21.1. The molecule has 0 radical (unpaired) electrons. The van der Waals surface area contributed by atoms with E-state index in [1.807, 2.05) is 41.3 Å². The maximum absolute atomic E-state index is 6.61. The summed E-state index contributed by atoms with van der Waals surface area (Å²) >= 11 is 0. The summed E-state index contributed by atoms with van der Waals surface area (Å²) in [6, 6.07) is 15.6. The number of rotatable bonds is 6. The molecule has 1 saturated carbocycles. The first kappa shape index (κ1) is 20.7. The molecule has 1 saturated heterocycles. The van der Waals surface area contributed by atoms with Gasteiger partial charge in [0.25, 0.3) is 0 Å². The monoisotopic (exact) mass is 443 g/mol. The molecule has 1 atom stereocenters. The van der Waals surface area contributed by atoms with Crippen molar-refractivity contribution in [3.63, 3.8) is 0 Å². The SMILES string of the molecule is C[C@H]1CCc2c(ccc(-c3cnn(C4CCNCC4)n3)c2Oc2ccccc2)N1CC1CC1. The molecule has 0 spiro atoms. The van der Waals surface area contributed by atoms with Crippen molar-refractivity contribution in [2.24, 2.45) is 5.92 Å². The van der Waals surface area contributed by atoms with E-state index in [1.165, 1.54) is 24.1 Å². The minimum atomic E-state index is 0.367. The van der Waals surface area contributed by atoms with E-state index < -0.39 is 0 Å². The van der Waals surface area contributed by atoms with Crippen LogP contribution >= 0.6 is 0 Å². The first-order valence-electron chi connectivity index (χ1n) is 12.5. The van der Waals surface area contributed by atoms with Crippen LogP contribution in [0.1, 0.15) is 50.6 Å². The summed E-state index contributed by atoms with van der Waals surface area (Å²) in [4.78, 5) is 4.54. The third-order valence-corrected chi connectivity index (χ3v) is 7.42. The molecule has 33 heavy (non-hydrogen) atoms. The van der Waals surface area contributed by atoms with Gasteiger partial charge in [0.1, 0.15) is 17.2 Å². The number of hydrogen-bond acceptors (Lipinski definition) is 5. The molecule has 1 aliphatic carbocycles. The Labute approximate surface area is 195 Å². The third-order valence-electron chi connectivity index (χ3n) is 7.42. The number of nitrogens with zero attached hydrogens (tertiary/aromatic N) is 4. The van der Waals surface area contributed by atoms with Gasteiger partial charge in [-0.2, -0.15) is 15.0 Å². The summed E-state index contributed by atoms with van der Waals surface area (Å²) in [6.45, 7) is 5.57. The lowest BCUT2D eigenvalue weighted by Gasteiger charge is -2.38. The van der Waals surface area contributed by atoms with Gasteiger partial charge >= 0.3 is 0 Å². The van der Waals surface area contributed by atoms with Crippen molar-refractivity contribution in [3.05, 3.63) is 54.2 Å². The van der Waals surface area contributed by atoms with Crippen LogP contribution in [-0.2, 0) is 6.42 Å². The summed E-state index contributed by atoms with van der Waals surface area (Å²) < 4.78 is 6.61. The van der Waals surface area contributed by atoms with Crippen molar-refractivity contribution in [1.82, 2.24) is 20.3 Å². The van der Waals surface area contributed by atoms with Crippen molar-refractivity contribution in [2.75, 3.05) is 24.5 Å². The van der Waals surface area contributed by atoms with Crippen LogP contribution in [0.4, 0.5) is 5.69 Å². The molecule has 3 aliphatic rings. The molecular weight excluding hydrogens is 410 g/mol. The van der Waals surface area contributed by atoms with Crippen molar-refractivity contribution < 1.29 is 4.74 Å². The summed E-state index contributed by atoms with van der Waals surface area (Å²) in [7, 11) is 0. The van der Waals surface area contributed by atoms with E-state index in [0.29, 0.717) is 12.1 Å². The van der Waals surface area contributed by atoms with Crippen LogP contribution < -0.4 is 15.0 Å². The minimum Gasteiger partial charge on any atom is -0.456 e. The fourth-order valence-electron chi connectivity index (χ4n) is 5.27. The van der Waals surface area contributed by atoms with Crippen LogP contribution in [0.25, 0.3) is 11.3 Å². The highest BCUT2D eigenvalue weighted by molar-refractivity contribution is 5.76. The molecule has 0 unspecified atom stereocenters. The maximum atomic E-state index is 6.61. The molecule has 6 rings (SSSR count). The van der Waals surface area contributed by atoms with Gasteiger partial charge in [0, 0.05) is 29.4 Å². The highest BCUT2D eigenvalue weighted by Crippen LogP contribution is 2.45. The summed E-state index contributed by atoms with van der Waals surface area (Å²) in [5.41, 5.74) is 4.58. The standard InChI is InChI=1S/C27H33N5O/c1-19-7-10-24-26(31(19)18-20-8-9-20)12-11-23(27(24)33-22-5-3-2-4-6-22)25-17-29-32(30-25)21-13-15-28-16-14-21/h2-6,11-12,17,19-21,28H,7-10,13-16,18H2,1H3/t19-/m0/s1. The number of aromatic nitrogens is 3. The molecule has 3 heterocycles.